The molecule has 1 aliphatic heterocycles. The van der Waals surface area contributed by atoms with Crippen LogP contribution in [0.3, 0.4) is 0 Å². The van der Waals surface area contributed by atoms with Gasteiger partial charge in [-0.15, -0.1) is 0 Å². The number of aryl methyl sites for hydroxylation is 1. The van der Waals surface area contributed by atoms with Crippen LogP contribution in [0, 0.1) is 0 Å². The molecular weight excluding hydrogens is 508 g/mol. The molecular formula is C27H32N4O6S. The lowest BCUT2D eigenvalue weighted by Gasteiger charge is -2.26. The van der Waals surface area contributed by atoms with Crippen LogP contribution in [0.4, 0.5) is 5.69 Å². The van der Waals surface area contributed by atoms with Gasteiger partial charge in [-0.05, 0) is 48.9 Å². The average molecular weight is 541 g/mol. The summed E-state index contributed by atoms with van der Waals surface area (Å²) in [6, 6.07) is 14.2. The van der Waals surface area contributed by atoms with Crippen LogP contribution in [0.15, 0.2) is 53.4 Å². The second-order valence-electron chi connectivity index (χ2n) is 9.09. The number of hydrogen-bond donors (Lipinski definition) is 1. The Morgan fingerprint density at radius 1 is 0.974 bits per heavy atom. The van der Waals surface area contributed by atoms with Crippen LogP contribution in [0.2, 0.25) is 0 Å². The third-order valence-electron chi connectivity index (χ3n) is 6.73. The van der Waals surface area contributed by atoms with Crippen molar-refractivity contribution in [3.8, 4) is 17.5 Å². The molecule has 1 aliphatic rings. The maximum Gasteiger partial charge on any atom is 0.262 e. The predicted octanol–water partition coefficient (Wildman–Crippen LogP) is 3.65. The van der Waals surface area contributed by atoms with Crippen LogP contribution in [-0.4, -0.2) is 76.5 Å². The normalized spacial score (nSPS) is 14.6. The predicted molar refractivity (Wildman–Crippen MR) is 146 cm³/mol. The molecule has 202 valence electrons. The number of ether oxygens (including phenoxy) is 4. The van der Waals surface area contributed by atoms with Gasteiger partial charge < -0.3 is 23.5 Å². The summed E-state index contributed by atoms with van der Waals surface area (Å²) in [6.45, 7) is 5.08. The number of pyridine rings is 1. The van der Waals surface area contributed by atoms with Gasteiger partial charge >= 0.3 is 0 Å². The van der Waals surface area contributed by atoms with Crippen molar-refractivity contribution in [2.45, 2.75) is 11.3 Å². The third kappa shape index (κ3) is 5.35. The number of rotatable bonds is 10. The molecule has 0 aliphatic carbocycles. The Hall–Kier alpha value is -3.54. The average Bonchev–Trinajstić information content (AvgIpc) is 3.22. The Balaban J connectivity index is 1.38. The number of benzene rings is 2. The summed E-state index contributed by atoms with van der Waals surface area (Å²) in [5, 5.41) is 1.75. The van der Waals surface area contributed by atoms with E-state index in [1.165, 1.54) is 14.2 Å². The highest BCUT2D eigenvalue weighted by Crippen LogP contribution is 2.34. The van der Waals surface area contributed by atoms with Gasteiger partial charge in [0.15, 0.2) is 0 Å². The van der Waals surface area contributed by atoms with Crippen LogP contribution >= 0.6 is 0 Å². The number of methoxy groups -OCH3 is 2. The highest BCUT2D eigenvalue weighted by molar-refractivity contribution is 7.92. The summed E-state index contributed by atoms with van der Waals surface area (Å²) < 4.78 is 53.1. The molecule has 4 aromatic rings. The van der Waals surface area contributed by atoms with Gasteiger partial charge in [-0.1, -0.05) is 0 Å². The van der Waals surface area contributed by atoms with E-state index in [1.54, 1.807) is 24.3 Å². The van der Waals surface area contributed by atoms with Crippen LogP contribution in [0.25, 0.3) is 21.8 Å². The van der Waals surface area contributed by atoms with Gasteiger partial charge in [0.25, 0.3) is 10.0 Å². The lowest BCUT2D eigenvalue weighted by Crippen LogP contribution is -2.37. The summed E-state index contributed by atoms with van der Waals surface area (Å²) in [5.41, 5.74) is 2.13. The van der Waals surface area contributed by atoms with Gasteiger partial charge in [0.2, 0.25) is 11.8 Å². The molecule has 0 amide bonds. The molecule has 0 atom stereocenters. The van der Waals surface area contributed by atoms with E-state index >= 15 is 0 Å². The van der Waals surface area contributed by atoms with Gasteiger partial charge in [-0.3, -0.25) is 9.62 Å². The van der Waals surface area contributed by atoms with E-state index in [0.717, 1.165) is 66.8 Å². The minimum absolute atomic E-state index is 0.120. The number of morpholine rings is 1. The van der Waals surface area contributed by atoms with E-state index < -0.39 is 10.0 Å². The first-order valence-corrected chi connectivity index (χ1v) is 13.9. The largest absolute Gasteiger partial charge is 0.494 e. The standard InChI is InChI=1S/C27H32N4O6S/c1-30-24-8-5-19(37-14-4-11-31-12-15-36-16-13-31)17-21(24)22-18-20(6-9-25(22)30)38(32,33)29-23-7-10-26(34-2)28-27(23)35-3/h5-10,17-18,29H,4,11-16H2,1-3H3. The van der Waals surface area contributed by atoms with E-state index in [0.29, 0.717) is 12.5 Å². The zero-order valence-corrected chi connectivity index (χ0v) is 22.6. The molecule has 0 saturated carbocycles. The number of nitrogens with one attached hydrogen (secondary N) is 1. The van der Waals surface area contributed by atoms with Crippen molar-refractivity contribution in [3.05, 3.63) is 48.5 Å². The molecule has 38 heavy (non-hydrogen) atoms. The minimum Gasteiger partial charge on any atom is -0.494 e. The Morgan fingerprint density at radius 3 is 2.45 bits per heavy atom. The molecule has 2 aromatic carbocycles. The van der Waals surface area contributed by atoms with Crippen molar-refractivity contribution in [2.24, 2.45) is 7.05 Å². The van der Waals surface area contributed by atoms with E-state index in [2.05, 4.69) is 14.6 Å². The summed E-state index contributed by atoms with van der Waals surface area (Å²) in [7, 11) is 0.946. The van der Waals surface area contributed by atoms with Gasteiger partial charge in [-0.2, -0.15) is 4.98 Å². The molecule has 11 heteroatoms. The number of sulfonamides is 1. The molecule has 10 nitrogen and oxygen atoms in total. The number of anilines is 1. The van der Waals surface area contributed by atoms with Gasteiger partial charge in [-0.25, -0.2) is 8.42 Å². The Morgan fingerprint density at radius 2 is 1.71 bits per heavy atom. The summed E-state index contributed by atoms with van der Waals surface area (Å²) >= 11 is 0. The zero-order chi connectivity index (χ0) is 26.7. The van der Waals surface area contributed by atoms with Gasteiger partial charge in [0.1, 0.15) is 11.4 Å². The maximum atomic E-state index is 13.3. The zero-order valence-electron chi connectivity index (χ0n) is 21.8. The van der Waals surface area contributed by atoms with Crippen molar-refractivity contribution in [1.29, 1.82) is 0 Å². The lowest BCUT2D eigenvalue weighted by atomic mass is 10.1. The van der Waals surface area contributed by atoms with Crippen LogP contribution < -0.4 is 18.9 Å². The molecule has 1 N–H and O–H groups in total. The molecule has 5 rings (SSSR count). The Labute approximate surface area is 222 Å². The minimum atomic E-state index is -3.92. The first kappa shape index (κ1) is 26.1. The quantitative estimate of drug-likeness (QED) is 0.304. The molecule has 1 fully saturated rings. The SMILES string of the molecule is COc1ccc(NS(=O)(=O)c2ccc3c(c2)c2cc(OCCCN4CCOCC4)ccc2n3C)c(OC)n1. The van der Waals surface area contributed by atoms with Crippen molar-refractivity contribution in [2.75, 3.05) is 58.4 Å². The molecule has 2 aromatic heterocycles. The van der Waals surface area contributed by atoms with Crippen LogP contribution in [-0.2, 0) is 21.8 Å². The molecule has 0 radical (unpaired) electrons. The van der Waals surface area contributed by atoms with Crippen molar-refractivity contribution >= 4 is 37.5 Å². The fraction of sp³-hybridized carbons (Fsp3) is 0.370. The maximum absolute atomic E-state index is 13.3. The van der Waals surface area contributed by atoms with Gasteiger partial charge in [0.05, 0.1) is 38.9 Å². The first-order valence-electron chi connectivity index (χ1n) is 12.5. The van der Waals surface area contributed by atoms with E-state index in [4.69, 9.17) is 18.9 Å². The Bertz CT molecular complexity index is 1550. The molecule has 0 unspecified atom stereocenters. The summed E-state index contributed by atoms with van der Waals surface area (Å²) in [4.78, 5) is 6.67. The molecule has 1 saturated heterocycles. The molecule has 0 spiro atoms. The summed E-state index contributed by atoms with van der Waals surface area (Å²) in [6.07, 6.45) is 0.922. The highest BCUT2D eigenvalue weighted by atomic mass is 32.2. The number of fused-ring (bicyclic) bond motifs is 3. The van der Waals surface area contributed by atoms with Crippen LogP contribution in [0.1, 0.15) is 6.42 Å². The monoisotopic (exact) mass is 540 g/mol. The van der Waals surface area contributed by atoms with Crippen molar-refractivity contribution in [1.82, 2.24) is 14.5 Å². The fourth-order valence-electron chi connectivity index (χ4n) is 4.71. The number of hydrogen-bond acceptors (Lipinski definition) is 8. The van der Waals surface area contributed by atoms with Crippen molar-refractivity contribution < 1.29 is 27.4 Å². The fourth-order valence-corrected chi connectivity index (χ4v) is 5.79. The second kappa shape index (κ2) is 11.1. The smallest absolute Gasteiger partial charge is 0.262 e. The van der Waals surface area contributed by atoms with Crippen molar-refractivity contribution in [3.63, 3.8) is 0 Å². The number of aromatic nitrogens is 2. The Kier molecular flexibility index (Phi) is 7.59. The topological polar surface area (TPSA) is 104 Å². The van der Waals surface area contributed by atoms with Crippen LogP contribution in [0.5, 0.6) is 17.5 Å². The van der Waals surface area contributed by atoms with Gasteiger partial charge in [0, 0.05) is 54.6 Å². The van der Waals surface area contributed by atoms with E-state index in [-0.39, 0.29) is 16.5 Å². The second-order valence-corrected chi connectivity index (χ2v) is 10.8. The van der Waals surface area contributed by atoms with E-state index in [1.807, 2.05) is 35.9 Å². The molecule has 0 bridgehead atoms. The number of nitrogens with zero attached hydrogens (tertiary/aromatic N) is 3. The first-order chi connectivity index (χ1) is 18.4. The highest BCUT2D eigenvalue weighted by Gasteiger charge is 2.20. The van der Waals surface area contributed by atoms with E-state index in [9.17, 15) is 8.42 Å². The third-order valence-corrected chi connectivity index (χ3v) is 8.10. The summed E-state index contributed by atoms with van der Waals surface area (Å²) in [5.74, 6) is 1.20. The molecule has 3 heterocycles. The lowest BCUT2D eigenvalue weighted by molar-refractivity contribution is 0.0358.